The number of benzene rings is 11. The first-order valence-corrected chi connectivity index (χ1v) is 23.2. The van der Waals surface area contributed by atoms with Gasteiger partial charge in [-0.3, -0.25) is 0 Å². The van der Waals surface area contributed by atoms with E-state index in [2.05, 4.69) is 254 Å². The molecule has 1 heterocycles. The van der Waals surface area contributed by atoms with Crippen molar-refractivity contribution in [2.75, 3.05) is 4.90 Å². The highest BCUT2D eigenvalue weighted by molar-refractivity contribution is 7.26. The number of hydrogen-bond donors (Lipinski definition) is 0. The number of rotatable bonds is 7. The monoisotopic (exact) mass is 843 g/mol. The lowest BCUT2D eigenvalue weighted by Gasteiger charge is -2.35. The van der Waals surface area contributed by atoms with E-state index in [1.165, 1.54) is 97.4 Å². The van der Waals surface area contributed by atoms with Crippen LogP contribution in [0, 0.1) is 0 Å². The summed E-state index contributed by atoms with van der Waals surface area (Å²) in [5.74, 6) is 0. The van der Waals surface area contributed by atoms with Crippen LogP contribution in [0.25, 0.3) is 75.1 Å². The van der Waals surface area contributed by atoms with Crippen LogP contribution in [0.4, 0.5) is 17.1 Å². The zero-order valence-corrected chi connectivity index (χ0v) is 36.3. The van der Waals surface area contributed by atoms with Crippen LogP contribution < -0.4 is 4.90 Å². The molecule has 0 N–H and O–H groups in total. The molecule has 13 rings (SSSR count). The molecular weight excluding hydrogens is 803 g/mol. The van der Waals surface area contributed by atoms with Crippen LogP contribution in [0.3, 0.4) is 0 Å². The molecule has 0 fully saturated rings. The molecular formula is C63H41NS. The summed E-state index contributed by atoms with van der Waals surface area (Å²) in [5.41, 5.74) is 15.3. The molecule has 0 spiro atoms. The van der Waals surface area contributed by atoms with Crippen LogP contribution in [0.2, 0.25) is 0 Å². The first kappa shape index (κ1) is 37.5. The Bertz CT molecular complexity index is 3710. The summed E-state index contributed by atoms with van der Waals surface area (Å²) < 4.78 is 2.60. The van der Waals surface area contributed by atoms with Crippen molar-refractivity contribution in [2.45, 2.75) is 5.41 Å². The molecule has 0 bridgehead atoms. The topological polar surface area (TPSA) is 3.24 Å². The molecule has 1 aliphatic rings. The van der Waals surface area contributed by atoms with Gasteiger partial charge in [0.25, 0.3) is 0 Å². The van der Waals surface area contributed by atoms with Crippen molar-refractivity contribution in [3.63, 3.8) is 0 Å². The van der Waals surface area contributed by atoms with Gasteiger partial charge in [0.05, 0.1) is 5.41 Å². The maximum absolute atomic E-state index is 2.48. The summed E-state index contributed by atoms with van der Waals surface area (Å²) in [5, 5.41) is 7.66. The highest BCUT2D eigenvalue weighted by atomic mass is 32.1. The SMILES string of the molecule is c1ccc(-c2cccc3cccc(-c4ccc(N(c5ccc6c(c5)C(c5ccccc5)(c5ccccc5)c5ccccc5-6)c5ccc6sc7ccc8ccccc8c7c6c5)cc4)c23)cc1. The van der Waals surface area contributed by atoms with E-state index in [1.54, 1.807) is 0 Å². The third-order valence-corrected chi connectivity index (χ3v) is 14.9. The Balaban J connectivity index is 1.04. The van der Waals surface area contributed by atoms with Crippen LogP contribution >= 0.6 is 11.3 Å². The Morgan fingerprint density at radius 1 is 0.308 bits per heavy atom. The van der Waals surface area contributed by atoms with Crippen molar-refractivity contribution in [1.82, 2.24) is 0 Å². The average molecular weight is 844 g/mol. The van der Waals surface area contributed by atoms with Crippen LogP contribution in [0.5, 0.6) is 0 Å². The van der Waals surface area contributed by atoms with Gasteiger partial charge in [-0.1, -0.05) is 200 Å². The normalized spacial score (nSPS) is 12.7. The summed E-state index contributed by atoms with van der Waals surface area (Å²) >= 11 is 1.87. The van der Waals surface area contributed by atoms with E-state index in [0.717, 1.165) is 17.1 Å². The standard InChI is InChI=1S/C63H41NS/c1-4-16-42(17-5-1)51-27-14-19-45-20-15-28-52(61(45)51)44-30-33-48(34-31-44)64(49-36-39-59-56(40-49)62-53-25-11-10-18-43(53)32-38-60(62)65-59)50-35-37-55-54-26-12-13-29-57(54)63(58(55)41-50,46-21-6-2-7-22-46)47-23-8-3-9-24-47/h1-41H. The fourth-order valence-corrected chi connectivity index (χ4v) is 12.0. The Kier molecular flexibility index (Phi) is 8.69. The molecule has 2 heteroatoms. The number of hydrogen-bond acceptors (Lipinski definition) is 2. The first-order valence-electron chi connectivity index (χ1n) is 22.4. The predicted octanol–water partition coefficient (Wildman–Crippen LogP) is 17.5. The first-order chi connectivity index (χ1) is 32.2. The Hall–Kier alpha value is -8.04. The summed E-state index contributed by atoms with van der Waals surface area (Å²) in [6.45, 7) is 0. The van der Waals surface area contributed by atoms with Crippen molar-refractivity contribution in [2.24, 2.45) is 0 Å². The van der Waals surface area contributed by atoms with Crippen LogP contribution in [-0.2, 0) is 5.41 Å². The molecule has 0 aliphatic heterocycles. The molecule has 1 aromatic heterocycles. The Labute approximate surface area is 382 Å². The number of thiophene rings is 1. The average Bonchev–Trinajstić information content (AvgIpc) is 3.91. The van der Waals surface area contributed by atoms with Gasteiger partial charge in [0.1, 0.15) is 0 Å². The largest absolute Gasteiger partial charge is 0.310 e. The summed E-state index contributed by atoms with van der Waals surface area (Å²) in [6, 6.07) is 92.1. The second-order valence-electron chi connectivity index (χ2n) is 17.2. The van der Waals surface area contributed by atoms with Gasteiger partial charge in [-0.15, -0.1) is 11.3 Å². The van der Waals surface area contributed by atoms with Gasteiger partial charge in [0.2, 0.25) is 0 Å². The lowest BCUT2D eigenvalue weighted by Crippen LogP contribution is -2.28. The van der Waals surface area contributed by atoms with E-state index >= 15 is 0 Å². The third-order valence-electron chi connectivity index (χ3n) is 13.7. The van der Waals surface area contributed by atoms with Gasteiger partial charge < -0.3 is 4.90 Å². The summed E-state index contributed by atoms with van der Waals surface area (Å²) in [4.78, 5) is 2.47. The number of fused-ring (bicyclic) bond motifs is 9. The fraction of sp³-hybridized carbons (Fsp3) is 0.0159. The molecule has 11 aromatic carbocycles. The maximum Gasteiger partial charge on any atom is 0.0714 e. The molecule has 0 amide bonds. The van der Waals surface area contributed by atoms with Crippen molar-refractivity contribution >= 4 is 70.1 Å². The quantitative estimate of drug-likeness (QED) is 0.154. The predicted molar refractivity (Wildman–Crippen MR) is 277 cm³/mol. The van der Waals surface area contributed by atoms with Gasteiger partial charge >= 0.3 is 0 Å². The molecule has 12 aromatic rings. The van der Waals surface area contributed by atoms with Crippen molar-refractivity contribution in [3.05, 3.63) is 271 Å². The van der Waals surface area contributed by atoms with E-state index in [0.29, 0.717) is 0 Å². The van der Waals surface area contributed by atoms with E-state index in [-0.39, 0.29) is 0 Å². The molecule has 0 atom stereocenters. The second kappa shape index (κ2) is 15.1. The maximum atomic E-state index is 2.48. The van der Waals surface area contributed by atoms with Crippen molar-refractivity contribution < 1.29 is 0 Å². The van der Waals surface area contributed by atoms with E-state index < -0.39 is 5.41 Å². The smallest absolute Gasteiger partial charge is 0.0714 e. The summed E-state index contributed by atoms with van der Waals surface area (Å²) in [7, 11) is 0. The highest BCUT2D eigenvalue weighted by Gasteiger charge is 2.46. The van der Waals surface area contributed by atoms with Crippen LogP contribution in [-0.4, -0.2) is 0 Å². The lowest BCUT2D eigenvalue weighted by molar-refractivity contribution is 0.768. The minimum absolute atomic E-state index is 0.517. The number of nitrogens with zero attached hydrogens (tertiary/aromatic N) is 1. The van der Waals surface area contributed by atoms with Crippen molar-refractivity contribution in [3.8, 4) is 33.4 Å². The van der Waals surface area contributed by atoms with E-state index in [4.69, 9.17) is 0 Å². The third kappa shape index (κ3) is 5.85. The molecule has 304 valence electrons. The molecule has 0 unspecified atom stereocenters. The molecule has 0 radical (unpaired) electrons. The van der Waals surface area contributed by atoms with Crippen molar-refractivity contribution in [1.29, 1.82) is 0 Å². The lowest BCUT2D eigenvalue weighted by atomic mass is 9.67. The number of anilines is 3. The Morgan fingerprint density at radius 2 is 0.846 bits per heavy atom. The summed E-state index contributed by atoms with van der Waals surface area (Å²) in [6.07, 6.45) is 0. The fourth-order valence-electron chi connectivity index (χ4n) is 10.9. The zero-order valence-electron chi connectivity index (χ0n) is 35.5. The molecule has 65 heavy (non-hydrogen) atoms. The van der Waals surface area contributed by atoms with Gasteiger partial charge in [-0.05, 0) is 126 Å². The Morgan fingerprint density at radius 3 is 1.58 bits per heavy atom. The molecule has 1 nitrogen and oxygen atoms in total. The van der Waals surface area contributed by atoms with E-state index in [9.17, 15) is 0 Å². The van der Waals surface area contributed by atoms with Gasteiger partial charge in [-0.25, -0.2) is 0 Å². The van der Waals surface area contributed by atoms with Gasteiger partial charge in [-0.2, -0.15) is 0 Å². The molecule has 1 aliphatic carbocycles. The van der Waals surface area contributed by atoms with E-state index in [1.807, 2.05) is 11.3 Å². The van der Waals surface area contributed by atoms with Gasteiger partial charge in [0.15, 0.2) is 0 Å². The zero-order chi connectivity index (χ0) is 42.9. The minimum atomic E-state index is -0.517. The minimum Gasteiger partial charge on any atom is -0.310 e. The molecule has 0 saturated carbocycles. The molecule has 0 saturated heterocycles. The highest BCUT2D eigenvalue weighted by Crippen LogP contribution is 2.57. The van der Waals surface area contributed by atoms with Crippen LogP contribution in [0.1, 0.15) is 22.3 Å². The second-order valence-corrected chi connectivity index (χ2v) is 18.2. The van der Waals surface area contributed by atoms with Gasteiger partial charge in [0, 0.05) is 37.2 Å². The van der Waals surface area contributed by atoms with Crippen LogP contribution in [0.15, 0.2) is 249 Å².